The molecule has 0 heterocycles. The quantitative estimate of drug-likeness (QED) is 0.706. The summed E-state index contributed by atoms with van der Waals surface area (Å²) in [5, 5.41) is 0. The van der Waals surface area contributed by atoms with E-state index in [-0.39, 0.29) is 6.04 Å². The minimum absolute atomic E-state index is 0.134. The van der Waals surface area contributed by atoms with Crippen LogP contribution in [0.2, 0.25) is 0 Å². The van der Waals surface area contributed by atoms with Crippen LogP contribution in [-0.4, -0.2) is 25.3 Å². The summed E-state index contributed by atoms with van der Waals surface area (Å²) in [5.74, 6) is 0. The number of rotatable bonds is 3. The van der Waals surface area contributed by atoms with E-state index in [1.54, 1.807) is 0 Å². The van der Waals surface area contributed by atoms with Crippen molar-refractivity contribution in [1.29, 1.82) is 0 Å². The molecule has 82 valence electrons. The molecule has 0 spiro atoms. The van der Waals surface area contributed by atoms with Crippen LogP contribution in [0.4, 0.5) is 0 Å². The van der Waals surface area contributed by atoms with E-state index in [1.165, 1.54) is 16.7 Å². The molecule has 0 amide bonds. The van der Waals surface area contributed by atoms with Crippen LogP contribution in [0.5, 0.6) is 0 Å². The highest BCUT2D eigenvalue weighted by Gasteiger charge is 2.17. The second-order valence-electron chi connectivity index (χ2n) is 4.36. The summed E-state index contributed by atoms with van der Waals surface area (Å²) in [4.78, 5) is 13.0. The predicted octanol–water partition coefficient (Wildman–Crippen LogP) is 2.41. The molecule has 0 saturated heterocycles. The summed E-state index contributed by atoms with van der Waals surface area (Å²) in [6, 6.07) is 4.12. The van der Waals surface area contributed by atoms with Gasteiger partial charge in [-0.25, -0.2) is 0 Å². The van der Waals surface area contributed by atoms with Crippen LogP contribution in [0.15, 0.2) is 12.1 Å². The highest BCUT2D eigenvalue weighted by molar-refractivity contribution is 5.64. The van der Waals surface area contributed by atoms with E-state index in [1.807, 2.05) is 19.0 Å². The maximum absolute atomic E-state index is 11.1. The largest absolute Gasteiger partial charge is 0.301 e. The number of carbonyl (C=O) groups excluding carboxylic acids is 1. The minimum atomic E-state index is -0.134. The van der Waals surface area contributed by atoms with Crippen molar-refractivity contribution in [1.82, 2.24) is 4.90 Å². The first-order valence-corrected chi connectivity index (χ1v) is 5.17. The molecule has 0 saturated carbocycles. The van der Waals surface area contributed by atoms with Gasteiger partial charge in [0.2, 0.25) is 0 Å². The average molecular weight is 205 g/mol. The predicted molar refractivity (Wildman–Crippen MR) is 63.1 cm³/mol. The van der Waals surface area contributed by atoms with E-state index in [9.17, 15) is 4.79 Å². The highest BCUT2D eigenvalue weighted by Crippen LogP contribution is 2.25. The monoisotopic (exact) mass is 205 g/mol. The third kappa shape index (κ3) is 2.45. The lowest BCUT2D eigenvalue weighted by Gasteiger charge is -2.23. The second kappa shape index (κ2) is 4.58. The van der Waals surface area contributed by atoms with Gasteiger partial charge in [-0.05, 0) is 51.6 Å². The number of hydrogen-bond acceptors (Lipinski definition) is 2. The Kier molecular flexibility index (Phi) is 3.64. The molecule has 2 heteroatoms. The van der Waals surface area contributed by atoms with Gasteiger partial charge in [-0.1, -0.05) is 17.7 Å². The number of carbonyl (C=O) groups is 1. The van der Waals surface area contributed by atoms with Crippen molar-refractivity contribution in [3.63, 3.8) is 0 Å². The van der Waals surface area contributed by atoms with Gasteiger partial charge in [0.05, 0.1) is 6.04 Å². The van der Waals surface area contributed by atoms with Crippen LogP contribution < -0.4 is 0 Å². The lowest BCUT2D eigenvalue weighted by atomic mass is 9.94. The molecule has 0 aliphatic carbocycles. The summed E-state index contributed by atoms with van der Waals surface area (Å²) < 4.78 is 0. The molecule has 1 rings (SSSR count). The van der Waals surface area contributed by atoms with Gasteiger partial charge in [-0.2, -0.15) is 0 Å². The molecule has 15 heavy (non-hydrogen) atoms. The summed E-state index contributed by atoms with van der Waals surface area (Å²) in [5.41, 5.74) is 4.77. The molecule has 1 atom stereocenters. The van der Waals surface area contributed by atoms with Crippen LogP contribution in [0.3, 0.4) is 0 Å². The zero-order valence-electron chi connectivity index (χ0n) is 10.2. The zero-order valence-corrected chi connectivity index (χ0v) is 10.2. The Balaban J connectivity index is 3.29. The molecular formula is C13H19NO. The van der Waals surface area contributed by atoms with Gasteiger partial charge in [0, 0.05) is 0 Å². The first-order valence-electron chi connectivity index (χ1n) is 5.17. The van der Waals surface area contributed by atoms with Gasteiger partial charge in [0.1, 0.15) is 6.29 Å². The van der Waals surface area contributed by atoms with E-state index in [0.29, 0.717) is 0 Å². The first kappa shape index (κ1) is 11.9. The SMILES string of the molecule is Cc1cc(C)c(C(C=O)N(C)C)c(C)c1. The molecule has 0 aromatic heterocycles. The van der Waals surface area contributed by atoms with Crippen molar-refractivity contribution in [2.45, 2.75) is 26.8 Å². The number of nitrogens with zero attached hydrogens (tertiary/aromatic N) is 1. The Labute approximate surface area is 91.9 Å². The standard InChI is InChI=1S/C13H19NO/c1-9-6-10(2)13(11(3)7-9)12(8-15)14(4)5/h6-8,12H,1-5H3. The number of aryl methyl sites for hydroxylation is 3. The Bertz CT molecular complexity index is 346. The smallest absolute Gasteiger partial charge is 0.141 e. The fourth-order valence-electron chi connectivity index (χ4n) is 2.11. The molecule has 0 fully saturated rings. The molecule has 0 bridgehead atoms. The second-order valence-corrected chi connectivity index (χ2v) is 4.36. The van der Waals surface area contributed by atoms with Crippen molar-refractivity contribution in [3.8, 4) is 0 Å². The van der Waals surface area contributed by atoms with Crippen molar-refractivity contribution >= 4 is 6.29 Å². The van der Waals surface area contributed by atoms with Gasteiger partial charge >= 0.3 is 0 Å². The third-order valence-electron chi connectivity index (χ3n) is 2.72. The van der Waals surface area contributed by atoms with Crippen LogP contribution in [0.1, 0.15) is 28.3 Å². The Morgan fingerprint density at radius 3 is 1.93 bits per heavy atom. The van der Waals surface area contributed by atoms with Crippen molar-refractivity contribution in [3.05, 3.63) is 34.4 Å². The average Bonchev–Trinajstić information content (AvgIpc) is 2.09. The molecule has 1 unspecified atom stereocenters. The van der Waals surface area contributed by atoms with Crippen LogP contribution >= 0.6 is 0 Å². The molecule has 0 aliphatic heterocycles. The maximum atomic E-state index is 11.1. The van der Waals surface area contributed by atoms with E-state index in [0.717, 1.165) is 11.8 Å². The molecule has 0 N–H and O–H groups in total. The molecule has 0 radical (unpaired) electrons. The molecule has 2 nitrogen and oxygen atoms in total. The van der Waals surface area contributed by atoms with Crippen molar-refractivity contribution in [2.75, 3.05) is 14.1 Å². The maximum Gasteiger partial charge on any atom is 0.141 e. The fourth-order valence-corrected chi connectivity index (χ4v) is 2.11. The molecule has 1 aromatic rings. The summed E-state index contributed by atoms with van der Waals surface area (Å²) in [6.07, 6.45) is 1.00. The summed E-state index contributed by atoms with van der Waals surface area (Å²) in [7, 11) is 3.86. The van der Waals surface area contributed by atoms with E-state index in [2.05, 4.69) is 32.9 Å². The lowest BCUT2D eigenvalue weighted by molar-refractivity contribution is -0.111. The minimum Gasteiger partial charge on any atom is -0.301 e. The van der Waals surface area contributed by atoms with Gasteiger partial charge < -0.3 is 4.79 Å². The van der Waals surface area contributed by atoms with Crippen LogP contribution in [0, 0.1) is 20.8 Å². The normalized spacial score (nSPS) is 12.9. The van der Waals surface area contributed by atoms with E-state index in [4.69, 9.17) is 0 Å². The summed E-state index contributed by atoms with van der Waals surface area (Å²) >= 11 is 0. The number of benzene rings is 1. The lowest BCUT2D eigenvalue weighted by Crippen LogP contribution is -2.22. The van der Waals surface area contributed by atoms with E-state index >= 15 is 0 Å². The van der Waals surface area contributed by atoms with Crippen molar-refractivity contribution < 1.29 is 4.79 Å². The van der Waals surface area contributed by atoms with E-state index < -0.39 is 0 Å². The Hall–Kier alpha value is -1.15. The third-order valence-corrected chi connectivity index (χ3v) is 2.72. The highest BCUT2D eigenvalue weighted by atomic mass is 16.1. The number of hydrogen-bond donors (Lipinski definition) is 0. The van der Waals surface area contributed by atoms with Gasteiger partial charge in [0.25, 0.3) is 0 Å². The number of aldehydes is 1. The fraction of sp³-hybridized carbons (Fsp3) is 0.462. The molecule has 0 aliphatic rings. The van der Waals surface area contributed by atoms with Crippen LogP contribution in [0.25, 0.3) is 0 Å². The van der Waals surface area contributed by atoms with Crippen molar-refractivity contribution in [2.24, 2.45) is 0 Å². The molecular weight excluding hydrogens is 186 g/mol. The van der Waals surface area contributed by atoms with Gasteiger partial charge in [0.15, 0.2) is 0 Å². The molecule has 1 aromatic carbocycles. The van der Waals surface area contributed by atoms with Gasteiger partial charge in [-0.3, -0.25) is 4.90 Å². The number of likely N-dealkylation sites (N-methyl/N-ethyl adjacent to an activating group) is 1. The zero-order chi connectivity index (χ0) is 11.6. The Morgan fingerprint density at radius 1 is 1.13 bits per heavy atom. The summed E-state index contributed by atoms with van der Waals surface area (Å²) in [6.45, 7) is 6.21. The van der Waals surface area contributed by atoms with Gasteiger partial charge in [-0.15, -0.1) is 0 Å². The Morgan fingerprint density at radius 2 is 1.60 bits per heavy atom. The topological polar surface area (TPSA) is 20.3 Å². The first-order chi connectivity index (χ1) is 6.97. The van der Waals surface area contributed by atoms with Crippen LogP contribution in [-0.2, 0) is 4.79 Å².